The first kappa shape index (κ1) is 23.9. The van der Waals surface area contributed by atoms with Crippen LogP contribution >= 0.6 is 37.9 Å². The first-order chi connectivity index (χ1) is 9.18. The third kappa shape index (κ3) is 11.8. The number of thiol groups is 3. The van der Waals surface area contributed by atoms with Gasteiger partial charge in [-0.05, 0) is 38.9 Å². The van der Waals surface area contributed by atoms with Crippen molar-refractivity contribution in [2.75, 3.05) is 5.75 Å². The number of amides is 1. The molecule has 2 N–H and O–H groups in total. The largest absolute Gasteiger partial charge is 2.00 e. The van der Waals surface area contributed by atoms with Gasteiger partial charge in [-0.25, -0.2) is 4.79 Å². The van der Waals surface area contributed by atoms with E-state index in [4.69, 9.17) is 5.11 Å². The Hall–Kier alpha value is 0.613. The summed E-state index contributed by atoms with van der Waals surface area (Å²) in [5, 5.41) is 11.9. The molecule has 0 aromatic heterocycles. The zero-order chi connectivity index (χ0) is 15.8. The average Bonchev–Trinajstić information content (AvgIpc) is 2.30. The minimum atomic E-state index is -1.07. The normalized spacial score (nSPS) is 14.0. The number of carboxylic acid groups (broad SMARTS) is 1. The van der Waals surface area contributed by atoms with Gasteiger partial charge in [0.1, 0.15) is 6.04 Å². The van der Waals surface area contributed by atoms with Crippen molar-refractivity contribution in [3.05, 3.63) is 0 Å². The summed E-state index contributed by atoms with van der Waals surface area (Å²) in [6.07, 6.45) is 3.85. The average molecular weight is 405 g/mol. The quantitative estimate of drug-likeness (QED) is 0.221. The predicted octanol–water partition coefficient (Wildman–Crippen LogP) is 2.44. The molecule has 4 nitrogen and oxygen atoms in total. The topological polar surface area (TPSA) is 66.4 Å². The van der Waals surface area contributed by atoms with Crippen molar-refractivity contribution in [1.82, 2.24) is 5.32 Å². The molecule has 1 amide bonds. The summed E-state index contributed by atoms with van der Waals surface area (Å²) in [7, 11) is 0. The molecule has 0 saturated heterocycles. The first-order valence-corrected chi connectivity index (χ1v) is 8.31. The maximum atomic E-state index is 11.7. The van der Waals surface area contributed by atoms with Crippen molar-refractivity contribution >= 4 is 49.8 Å². The molecule has 118 valence electrons. The van der Waals surface area contributed by atoms with E-state index in [1.807, 2.05) is 0 Å². The first-order valence-electron chi connectivity index (χ1n) is 6.72. The zero-order valence-electron chi connectivity index (χ0n) is 12.7. The molecule has 0 radical (unpaired) electrons. The SMILES string of the molecule is CC(C)(S)[C@H](NC(=O)CCCCC(S)CCS)C(=O)O.[Zn+2]. The molecule has 0 aliphatic heterocycles. The summed E-state index contributed by atoms with van der Waals surface area (Å²) in [4.78, 5) is 22.8. The molecule has 0 aromatic carbocycles. The van der Waals surface area contributed by atoms with Crippen LogP contribution in [0.2, 0.25) is 0 Å². The minimum absolute atomic E-state index is 0. The summed E-state index contributed by atoms with van der Waals surface area (Å²) < 4.78 is -0.801. The van der Waals surface area contributed by atoms with Gasteiger partial charge in [0.2, 0.25) is 5.91 Å². The maximum absolute atomic E-state index is 11.7. The number of carbonyl (C=O) groups is 2. The molecule has 2 atom stereocenters. The van der Waals surface area contributed by atoms with Crippen LogP contribution in [-0.4, -0.2) is 38.8 Å². The zero-order valence-corrected chi connectivity index (χ0v) is 18.4. The van der Waals surface area contributed by atoms with Crippen molar-refractivity contribution in [3.8, 4) is 0 Å². The van der Waals surface area contributed by atoms with Crippen LogP contribution in [0.15, 0.2) is 0 Å². The predicted molar refractivity (Wildman–Crippen MR) is 92.3 cm³/mol. The van der Waals surface area contributed by atoms with Gasteiger partial charge in [-0.15, -0.1) is 0 Å². The number of carboxylic acids is 1. The fourth-order valence-corrected chi connectivity index (χ4v) is 2.73. The van der Waals surface area contributed by atoms with Gasteiger partial charge < -0.3 is 10.4 Å². The van der Waals surface area contributed by atoms with E-state index in [0.717, 1.165) is 31.4 Å². The fraction of sp³-hybridized carbons (Fsp3) is 0.846. The molecule has 0 aromatic rings. The van der Waals surface area contributed by atoms with Crippen molar-refractivity contribution in [2.24, 2.45) is 0 Å². The molecular formula is C13H25NO3S3Zn+2. The van der Waals surface area contributed by atoms with E-state index in [9.17, 15) is 9.59 Å². The summed E-state index contributed by atoms with van der Waals surface area (Å²) in [5.41, 5.74) is 0. The van der Waals surface area contributed by atoms with Crippen molar-refractivity contribution in [1.29, 1.82) is 0 Å². The van der Waals surface area contributed by atoms with Gasteiger partial charge in [0, 0.05) is 16.4 Å². The molecule has 0 heterocycles. The van der Waals surface area contributed by atoms with Crippen LogP contribution in [0, 0.1) is 0 Å². The summed E-state index contributed by atoms with van der Waals surface area (Å²) in [5.74, 6) is -0.501. The van der Waals surface area contributed by atoms with Crippen LogP contribution in [-0.2, 0) is 29.1 Å². The number of aliphatic carboxylic acids is 1. The number of hydrogen-bond acceptors (Lipinski definition) is 5. The molecule has 0 aliphatic rings. The van der Waals surface area contributed by atoms with E-state index in [1.165, 1.54) is 0 Å². The Bertz CT molecular complexity index is 324. The molecular weight excluding hydrogens is 380 g/mol. The van der Waals surface area contributed by atoms with Crippen molar-refractivity contribution in [2.45, 2.75) is 62.0 Å². The van der Waals surface area contributed by atoms with E-state index in [1.54, 1.807) is 13.8 Å². The number of nitrogens with one attached hydrogen (secondary N) is 1. The molecule has 0 bridgehead atoms. The number of hydrogen-bond donors (Lipinski definition) is 5. The van der Waals surface area contributed by atoms with Gasteiger partial charge in [0.05, 0.1) is 0 Å². The number of rotatable bonds is 10. The smallest absolute Gasteiger partial charge is 0.480 e. The standard InChI is InChI=1S/C13H25NO3S3.Zn/c1-13(2,20)11(12(16)17)14-10(15)6-4-3-5-9(19)7-8-18;/h9,11,18-20H,3-8H2,1-2H3,(H,14,15)(H,16,17);/q;+2/t9?,11-;/m1./s1. The van der Waals surface area contributed by atoms with Gasteiger partial charge in [0.25, 0.3) is 0 Å². The molecule has 1 unspecified atom stereocenters. The van der Waals surface area contributed by atoms with Crippen LogP contribution in [0.4, 0.5) is 0 Å². The third-order valence-electron chi connectivity index (χ3n) is 2.91. The van der Waals surface area contributed by atoms with Gasteiger partial charge in [-0.1, -0.05) is 6.42 Å². The van der Waals surface area contributed by atoms with Crippen LogP contribution in [0.25, 0.3) is 0 Å². The maximum Gasteiger partial charge on any atom is 2.00 e. The van der Waals surface area contributed by atoms with Gasteiger partial charge in [-0.2, -0.15) is 37.9 Å². The Morgan fingerprint density at radius 2 is 1.81 bits per heavy atom. The molecule has 0 saturated carbocycles. The fourth-order valence-electron chi connectivity index (χ4n) is 1.73. The van der Waals surface area contributed by atoms with Crippen molar-refractivity contribution in [3.63, 3.8) is 0 Å². The van der Waals surface area contributed by atoms with E-state index in [2.05, 4.69) is 43.2 Å². The van der Waals surface area contributed by atoms with Crippen LogP contribution in [0.5, 0.6) is 0 Å². The molecule has 8 heteroatoms. The van der Waals surface area contributed by atoms with Crippen LogP contribution in [0.1, 0.15) is 46.0 Å². The number of carbonyl (C=O) groups excluding carboxylic acids is 1. The summed E-state index contributed by atoms with van der Waals surface area (Å²) >= 11 is 12.8. The Morgan fingerprint density at radius 3 is 2.24 bits per heavy atom. The second-order valence-corrected chi connectivity index (χ2v) is 7.73. The number of unbranched alkanes of at least 4 members (excludes halogenated alkanes) is 1. The summed E-state index contributed by atoms with van der Waals surface area (Å²) in [6.45, 7) is 3.33. The third-order valence-corrected chi connectivity index (χ3v) is 3.95. The van der Waals surface area contributed by atoms with Crippen molar-refractivity contribution < 1.29 is 34.2 Å². The van der Waals surface area contributed by atoms with E-state index in [-0.39, 0.29) is 25.4 Å². The van der Waals surface area contributed by atoms with E-state index < -0.39 is 16.8 Å². The van der Waals surface area contributed by atoms with Crippen LogP contribution in [0.3, 0.4) is 0 Å². The summed E-state index contributed by atoms with van der Waals surface area (Å²) in [6, 6.07) is -0.986. The second kappa shape index (κ2) is 12.1. The molecule has 21 heavy (non-hydrogen) atoms. The van der Waals surface area contributed by atoms with E-state index >= 15 is 0 Å². The Kier molecular flexibility index (Phi) is 13.7. The van der Waals surface area contributed by atoms with E-state index in [0.29, 0.717) is 11.7 Å². The molecule has 0 rings (SSSR count). The molecule has 0 aliphatic carbocycles. The molecule has 0 spiro atoms. The minimum Gasteiger partial charge on any atom is -0.480 e. The Morgan fingerprint density at radius 1 is 1.24 bits per heavy atom. The van der Waals surface area contributed by atoms with Crippen LogP contribution < -0.4 is 5.32 Å². The van der Waals surface area contributed by atoms with Gasteiger partial charge in [0.15, 0.2) is 0 Å². The Labute approximate surface area is 156 Å². The second-order valence-electron chi connectivity index (χ2n) is 5.40. The van der Waals surface area contributed by atoms with Gasteiger partial charge in [-0.3, -0.25) is 4.79 Å². The molecule has 0 fully saturated rings. The van der Waals surface area contributed by atoms with Gasteiger partial charge >= 0.3 is 25.4 Å². The monoisotopic (exact) mass is 403 g/mol. The Balaban J connectivity index is 0.